The number of rotatable bonds is 9. The van der Waals surface area contributed by atoms with Crippen LogP contribution in [0.2, 0.25) is 0 Å². The van der Waals surface area contributed by atoms with Gasteiger partial charge in [-0.1, -0.05) is 6.07 Å². The third-order valence-electron chi connectivity index (χ3n) is 7.96. The van der Waals surface area contributed by atoms with Crippen molar-refractivity contribution in [1.29, 1.82) is 0 Å². The Balaban J connectivity index is 1.23. The molecule has 2 aromatic heterocycles. The lowest BCUT2D eigenvalue weighted by Gasteiger charge is -2.34. The highest BCUT2D eigenvalue weighted by atomic mass is 16.6. The van der Waals surface area contributed by atoms with Crippen molar-refractivity contribution in [2.24, 2.45) is 5.92 Å². The van der Waals surface area contributed by atoms with Gasteiger partial charge in [-0.05, 0) is 90.7 Å². The number of hydrogen-bond acceptors (Lipinski definition) is 10. The lowest BCUT2D eigenvalue weighted by atomic mass is 9.92. The highest BCUT2D eigenvalue weighted by Gasteiger charge is 2.30. The number of nitrogens with zero attached hydrogens (tertiary/aromatic N) is 4. The van der Waals surface area contributed by atoms with Gasteiger partial charge in [0.2, 0.25) is 0 Å². The Kier molecular flexibility index (Phi) is 9.03. The zero-order chi connectivity index (χ0) is 29.9. The number of nitrogens with one attached hydrogen (secondary N) is 3. The molecule has 0 aromatic carbocycles. The molecule has 0 unspecified atom stereocenters. The van der Waals surface area contributed by atoms with Crippen molar-refractivity contribution in [3.05, 3.63) is 34.8 Å². The first-order chi connectivity index (χ1) is 20.1. The fourth-order valence-corrected chi connectivity index (χ4v) is 5.48. The number of fused-ring (bicyclic) bond motifs is 1. The predicted molar refractivity (Wildman–Crippen MR) is 162 cm³/mol. The van der Waals surface area contributed by atoms with Gasteiger partial charge >= 0.3 is 12.1 Å². The van der Waals surface area contributed by atoms with E-state index in [1.54, 1.807) is 20.8 Å². The molecule has 1 saturated carbocycles. The van der Waals surface area contributed by atoms with Gasteiger partial charge < -0.3 is 30.3 Å². The summed E-state index contributed by atoms with van der Waals surface area (Å²) in [5, 5.41) is 9.42. The molecule has 3 N–H and O–H groups in total. The molecule has 0 radical (unpaired) electrons. The van der Waals surface area contributed by atoms with Crippen LogP contribution in [0.15, 0.2) is 12.1 Å². The third-order valence-corrected chi connectivity index (χ3v) is 7.96. The second kappa shape index (κ2) is 12.7. The molecular formula is C31H45N7O4. The summed E-state index contributed by atoms with van der Waals surface area (Å²) >= 11 is 0. The molecule has 4 heterocycles. The Morgan fingerprint density at radius 1 is 1.10 bits per heavy atom. The van der Waals surface area contributed by atoms with Gasteiger partial charge in [-0.25, -0.2) is 24.5 Å². The van der Waals surface area contributed by atoms with Crippen LogP contribution in [0.1, 0.15) is 81.4 Å². The van der Waals surface area contributed by atoms with Crippen LogP contribution < -0.4 is 20.9 Å². The van der Waals surface area contributed by atoms with E-state index < -0.39 is 23.7 Å². The molecule has 1 aliphatic carbocycles. The van der Waals surface area contributed by atoms with Gasteiger partial charge in [0.1, 0.15) is 34.9 Å². The standard InChI is InChI=1S/C31H45N7O4/c1-19-26(33-17-25(29(39)42-31(3,4)5)37-30(40)41-18-21-8-9-21)34-20(2)35-28(19)38-15-12-22(13-16-38)24-11-10-23-7-6-14-32-27(23)36-24/h10-11,21-22,25H,6-9,12-18H2,1-5H3,(H,32,36)(H,37,40)(H,33,34,35)/t25-/m0/s1. The van der Waals surface area contributed by atoms with Crippen molar-refractivity contribution in [3.8, 4) is 0 Å². The molecule has 1 saturated heterocycles. The fraction of sp³-hybridized carbons (Fsp3) is 0.645. The number of esters is 1. The van der Waals surface area contributed by atoms with Crippen molar-refractivity contribution in [3.63, 3.8) is 0 Å². The number of piperidine rings is 1. The minimum absolute atomic E-state index is 0.101. The van der Waals surface area contributed by atoms with Gasteiger partial charge in [-0.3, -0.25) is 0 Å². The Labute approximate surface area is 248 Å². The van der Waals surface area contributed by atoms with Crippen molar-refractivity contribution in [2.45, 2.75) is 90.7 Å². The van der Waals surface area contributed by atoms with Gasteiger partial charge in [-0.15, -0.1) is 0 Å². The minimum atomic E-state index is -0.941. The lowest BCUT2D eigenvalue weighted by Crippen LogP contribution is -2.48. The van der Waals surface area contributed by atoms with E-state index in [9.17, 15) is 9.59 Å². The van der Waals surface area contributed by atoms with Crippen LogP contribution in [0.3, 0.4) is 0 Å². The molecular weight excluding hydrogens is 534 g/mol. The highest BCUT2D eigenvalue weighted by Crippen LogP contribution is 2.33. The molecule has 0 spiro atoms. The van der Waals surface area contributed by atoms with Gasteiger partial charge in [0.05, 0.1) is 6.61 Å². The number of anilines is 3. The van der Waals surface area contributed by atoms with Crippen LogP contribution >= 0.6 is 0 Å². The zero-order valence-corrected chi connectivity index (χ0v) is 25.6. The normalized spacial score (nSPS) is 18.0. The van der Waals surface area contributed by atoms with E-state index in [1.807, 2.05) is 13.8 Å². The molecule has 0 bridgehead atoms. The summed E-state index contributed by atoms with van der Waals surface area (Å²) < 4.78 is 10.9. The number of carbonyl (C=O) groups is 2. The Morgan fingerprint density at radius 3 is 2.57 bits per heavy atom. The zero-order valence-electron chi connectivity index (χ0n) is 25.6. The number of pyridine rings is 1. The topological polar surface area (TPSA) is 131 Å². The number of aryl methyl sites for hydroxylation is 2. The summed E-state index contributed by atoms with van der Waals surface area (Å²) in [4.78, 5) is 42.1. The van der Waals surface area contributed by atoms with Gasteiger partial charge in [0.25, 0.3) is 0 Å². The molecule has 42 heavy (non-hydrogen) atoms. The summed E-state index contributed by atoms with van der Waals surface area (Å²) in [7, 11) is 0. The van der Waals surface area contributed by atoms with Crippen LogP contribution in [0, 0.1) is 19.8 Å². The quantitative estimate of drug-likeness (QED) is 0.365. The Bertz CT molecular complexity index is 1280. The van der Waals surface area contributed by atoms with Gasteiger partial charge in [0.15, 0.2) is 0 Å². The lowest BCUT2D eigenvalue weighted by molar-refractivity contribution is -0.156. The molecule has 2 aromatic rings. The molecule has 11 nitrogen and oxygen atoms in total. The Hall–Kier alpha value is -3.63. The second-order valence-electron chi connectivity index (χ2n) is 12.8. The number of carbonyl (C=O) groups excluding carboxylic acids is 2. The molecule has 5 rings (SSSR count). The number of hydrogen-bond donors (Lipinski definition) is 3. The van der Waals surface area contributed by atoms with Crippen LogP contribution in [0.4, 0.5) is 22.2 Å². The summed E-state index contributed by atoms with van der Waals surface area (Å²) in [6, 6.07) is 3.49. The van der Waals surface area contributed by atoms with E-state index in [4.69, 9.17) is 19.4 Å². The average Bonchev–Trinajstić information content (AvgIpc) is 3.79. The van der Waals surface area contributed by atoms with Crippen LogP contribution in [-0.4, -0.2) is 71.4 Å². The first-order valence-corrected chi connectivity index (χ1v) is 15.3. The summed E-state index contributed by atoms with van der Waals surface area (Å²) in [5.41, 5.74) is 2.68. The molecule has 2 aliphatic heterocycles. The van der Waals surface area contributed by atoms with Gasteiger partial charge in [0, 0.05) is 43.4 Å². The summed E-state index contributed by atoms with van der Waals surface area (Å²) in [6.07, 6.45) is 5.75. The molecule has 2 fully saturated rings. The van der Waals surface area contributed by atoms with E-state index in [-0.39, 0.29) is 6.54 Å². The SMILES string of the molecule is Cc1nc(NC[C@H](NC(=O)OCC2CC2)C(=O)OC(C)(C)C)c(C)c(N2CCC(c3ccc4c(n3)NCCC4)CC2)n1. The van der Waals surface area contributed by atoms with E-state index in [1.165, 1.54) is 5.56 Å². The van der Waals surface area contributed by atoms with Crippen LogP contribution in [0.25, 0.3) is 0 Å². The molecule has 1 atom stereocenters. The van der Waals surface area contributed by atoms with E-state index in [0.717, 1.165) is 81.1 Å². The molecule has 3 aliphatic rings. The number of ether oxygens (including phenoxy) is 2. The van der Waals surface area contributed by atoms with Crippen molar-refractivity contribution in [1.82, 2.24) is 20.3 Å². The van der Waals surface area contributed by atoms with Crippen LogP contribution in [0.5, 0.6) is 0 Å². The second-order valence-corrected chi connectivity index (χ2v) is 12.8. The fourth-order valence-electron chi connectivity index (χ4n) is 5.48. The number of amides is 1. The highest BCUT2D eigenvalue weighted by molar-refractivity contribution is 5.82. The van der Waals surface area contributed by atoms with Crippen molar-refractivity contribution >= 4 is 29.5 Å². The maximum absolute atomic E-state index is 13.0. The monoisotopic (exact) mass is 579 g/mol. The van der Waals surface area contributed by atoms with Crippen LogP contribution in [-0.2, 0) is 20.7 Å². The van der Waals surface area contributed by atoms with E-state index >= 15 is 0 Å². The molecule has 1 amide bonds. The largest absolute Gasteiger partial charge is 0.458 e. The maximum Gasteiger partial charge on any atom is 0.407 e. The maximum atomic E-state index is 13.0. The van der Waals surface area contributed by atoms with Crippen molar-refractivity contribution in [2.75, 3.05) is 48.3 Å². The minimum Gasteiger partial charge on any atom is -0.458 e. The molecule has 228 valence electrons. The van der Waals surface area contributed by atoms with E-state index in [2.05, 4.69) is 38.0 Å². The van der Waals surface area contributed by atoms with Gasteiger partial charge in [-0.2, -0.15) is 0 Å². The average molecular weight is 580 g/mol. The van der Waals surface area contributed by atoms with E-state index in [0.29, 0.717) is 30.1 Å². The number of alkyl carbamates (subject to hydrolysis) is 1. The third kappa shape index (κ3) is 7.80. The van der Waals surface area contributed by atoms with Crippen molar-refractivity contribution < 1.29 is 19.1 Å². The first-order valence-electron chi connectivity index (χ1n) is 15.3. The Morgan fingerprint density at radius 2 is 1.86 bits per heavy atom. The summed E-state index contributed by atoms with van der Waals surface area (Å²) in [6.45, 7) is 12.4. The summed E-state index contributed by atoms with van der Waals surface area (Å²) in [5.74, 6) is 3.50. The first kappa shape index (κ1) is 29.8. The molecule has 11 heteroatoms. The predicted octanol–water partition coefficient (Wildman–Crippen LogP) is 4.49. The smallest absolute Gasteiger partial charge is 0.407 e. The number of aromatic nitrogens is 3.